The lowest BCUT2D eigenvalue weighted by Crippen LogP contribution is -2.25. The lowest BCUT2D eigenvalue weighted by Gasteiger charge is -2.11. The third-order valence-corrected chi connectivity index (χ3v) is 5.32. The highest BCUT2D eigenvalue weighted by atomic mass is 32.1. The van der Waals surface area contributed by atoms with Crippen LogP contribution in [0.3, 0.4) is 0 Å². The number of amides is 1. The Morgan fingerprint density at radius 1 is 1.21 bits per heavy atom. The summed E-state index contributed by atoms with van der Waals surface area (Å²) in [4.78, 5) is 21.9. The number of fused-ring (bicyclic) bond motifs is 1. The average molecular weight is 402 g/mol. The fraction of sp³-hybridized carbons (Fsp3) is 0.190. The molecule has 1 fully saturated rings. The largest absolute Gasteiger partial charge is 0.345 e. The number of aromatic nitrogens is 5. The Kier molecular flexibility index (Phi) is 4.40. The van der Waals surface area contributed by atoms with Gasteiger partial charge in [-0.15, -0.1) is 0 Å². The molecule has 0 bridgehead atoms. The highest BCUT2D eigenvalue weighted by Gasteiger charge is 2.27. The van der Waals surface area contributed by atoms with Gasteiger partial charge in [-0.1, -0.05) is 18.2 Å². The number of para-hydroxylation sites is 1. The Labute approximate surface area is 171 Å². The molecule has 1 aromatic carbocycles. The van der Waals surface area contributed by atoms with Crippen molar-refractivity contribution < 1.29 is 4.79 Å². The third-order valence-electron chi connectivity index (χ3n) is 5.03. The van der Waals surface area contributed by atoms with Gasteiger partial charge in [-0.25, -0.2) is 4.98 Å². The van der Waals surface area contributed by atoms with Gasteiger partial charge in [-0.3, -0.25) is 19.4 Å². The molecule has 29 heavy (non-hydrogen) atoms. The molecule has 0 aliphatic heterocycles. The first-order valence-corrected chi connectivity index (χ1v) is 9.86. The van der Waals surface area contributed by atoms with Crippen molar-refractivity contribution in [3.05, 3.63) is 71.0 Å². The molecule has 0 spiro atoms. The molecule has 1 saturated carbocycles. The quantitative estimate of drug-likeness (QED) is 0.496. The number of aromatic amines is 1. The van der Waals surface area contributed by atoms with Crippen molar-refractivity contribution in [2.24, 2.45) is 0 Å². The fourth-order valence-electron chi connectivity index (χ4n) is 3.46. The SMILES string of the molecule is O=C(NCc1n[nH]c(=S)n1C1CC1)c1cc(-c2ccncc2)nc2ccccc12. The Bertz CT molecular complexity index is 1260. The van der Waals surface area contributed by atoms with Gasteiger partial charge in [-0.05, 0) is 49.3 Å². The van der Waals surface area contributed by atoms with Crippen molar-refractivity contribution in [3.63, 3.8) is 0 Å². The van der Waals surface area contributed by atoms with E-state index in [0.29, 0.717) is 22.9 Å². The van der Waals surface area contributed by atoms with E-state index in [0.717, 1.165) is 40.8 Å². The lowest BCUT2D eigenvalue weighted by atomic mass is 10.0. The van der Waals surface area contributed by atoms with Crippen LogP contribution in [0, 0.1) is 4.77 Å². The molecule has 3 heterocycles. The number of benzene rings is 1. The summed E-state index contributed by atoms with van der Waals surface area (Å²) < 4.78 is 2.61. The van der Waals surface area contributed by atoms with Crippen LogP contribution in [0.5, 0.6) is 0 Å². The highest BCUT2D eigenvalue weighted by Crippen LogP contribution is 2.35. The van der Waals surface area contributed by atoms with Gasteiger partial charge in [0.05, 0.1) is 23.3 Å². The maximum absolute atomic E-state index is 13.1. The van der Waals surface area contributed by atoms with E-state index in [1.165, 1.54) is 0 Å². The lowest BCUT2D eigenvalue weighted by molar-refractivity contribution is 0.0951. The molecular weight excluding hydrogens is 384 g/mol. The molecule has 0 saturated heterocycles. The van der Waals surface area contributed by atoms with Gasteiger partial charge in [-0.2, -0.15) is 5.10 Å². The molecule has 0 atom stereocenters. The number of carbonyl (C=O) groups is 1. The van der Waals surface area contributed by atoms with Crippen LogP contribution in [0.25, 0.3) is 22.2 Å². The van der Waals surface area contributed by atoms with E-state index >= 15 is 0 Å². The molecule has 7 nitrogen and oxygen atoms in total. The van der Waals surface area contributed by atoms with Gasteiger partial charge in [0.2, 0.25) is 0 Å². The first kappa shape index (κ1) is 17.7. The molecular formula is C21H18N6OS. The maximum atomic E-state index is 13.1. The van der Waals surface area contributed by atoms with Crippen LogP contribution in [0.4, 0.5) is 0 Å². The summed E-state index contributed by atoms with van der Waals surface area (Å²) in [5.41, 5.74) is 2.99. The van der Waals surface area contributed by atoms with Crippen LogP contribution in [0.1, 0.15) is 35.1 Å². The number of nitrogens with one attached hydrogen (secondary N) is 2. The zero-order valence-corrected chi connectivity index (χ0v) is 16.3. The van der Waals surface area contributed by atoms with E-state index in [2.05, 4.69) is 20.5 Å². The standard InChI is InChI=1S/C21H18N6OS/c28-20(23-12-19-25-26-21(29)27(19)14-5-6-14)16-11-18(13-7-9-22-10-8-13)24-17-4-2-1-3-15(16)17/h1-4,7-11,14H,5-6,12H2,(H,23,28)(H,26,29). The van der Waals surface area contributed by atoms with E-state index in [1.807, 2.05) is 47.0 Å². The summed E-state index contributed by atoms with van der Waals surface area (Å²) in [5.74, 6) is 0.578. The summed E-state index contributed by atoms with van der Waals surface area (Å²) in [7, 11) is 0. The zero-order valence-electron chi connectivity index (χ0n) is 15.5. The summed E-state index contributed by atoms with van der Waals surface area (Å²) in [6.45, 7) is 0.309. The third kappa shape index (κ3) is 3.42. The number of hydrogen-bond donors (Lipinski definition) is 2. The Morgan fingerprint density at radius 2 is 2.00 bits per heavy atom. The normalized spacial score (nSPS) is 13.5. The summed E-state index contributed by atoms with van der Waals surface area (Å²) in [5, 5.41) is 10.9. The minimum absolute atomic E-state index is 0.171. The highest BCUT2D eigenvalue weighted by molar-refractivity contribution is 7.71. The van der Waals surface area contributed by atoms with Gasteiger partial charge in [0, 0.05) is 29.4 Å². The van der Waals surface area contributed by atoms with Crippen molar-refractivity contribution >= 4 is 29.0 Å². The molecule has 144 valence electrons. The number of rotatable bonds is 5. The molecule has 5 rings (SSSR count). The van der Waals surface area contributed by atoms with Crippen LogP contribution in [-0.2, 0) is 6.54 Å². The minimum atomic E-state index is -0.171. The molecule has 2 N–H and O–H groups in total. The van der Waals surface area contributed by atoms with Gasteiger partial charge >= 0.3 is 0 Å². The second-order valence-corrected chi connectivity index (χ2v) is 7.42. The average Bonchev–Trinajstić information content (AvgIpc) is 3.53. The van der Waals surface area contributed by atoms with Crippen LogP contribution < -0.4 is 5.32 Å². The molecule has 0 radical (unpaired) electrons. The van der Waals surface area contributed by atoms with E-state index in [9.17, 15) is 4.79 Å². The number of H-pyrrole nitrogens is 1. The van der Waals surface area contributed by atoms with Crippen molar-refractivity contribution in [2.45, 2.75) is 25.4 Å². The van der Waals surface area contributed by atoms with E-state index in [4.69, 9.17) is 17.2 Å². The van der Waals surface area contributed by atoms with Crippen molar-refractivity contribution in [1.82, 2.24) is 30.0 Å². The fourth-order valence-corrected chi connectivity index (χ4v) is 3.76. The monoisotopic (exact) mass is 402 g/mol. The van der Waals surface area contributed by atoms with E-state index < -0.39 is 0 Å². The minimum Gasteiger partial charge on any atom is -0.345 e. The van der Waals surface area contributed by atoms with Crippen LogP contribution in [0.15, 0.2) is 54.9 Å². The molecule has 4 aromatic rings. The Balaban J connectivity index is 1.49. The zero-order chi connectivity index (χ0) is 19.8. The van der Waals surface area contributed by atoms with Gasteiger partial charge in [0.15, 0.2) is 10.6 Å². The Hall–Kier alpha value is -3.39. The van der Waals surface area contributed by atoms with Crippen molar-refractivity contribution in [1.29, 1.82) is 0 Å². The number of pyridine rings is 2. The predicted molar refractivity (Wildman–Crippen MR) is 112 cm³/mol. The molecule has 1 amide bonds. The molecule has 3 aromatic heterocycles. The van der Waals surface area contributed by atoms with Crippen molar-refractivity contribution in [3.8, 4) is 11.3 Å². The summed E-state index contributed by atoms with van der Waals surface area (Å²) in [6, 6.07) is 13.6. The van der Waals surface area contributed by atoms with Gasteiger partial charge in [0.25, 0.3) is 5.91 Å². The molecule has 1 aliphatic carbocycles. The first-order chi connectivity index (χ1) is 14.2. The van der Waals surface area contributed by atoms with Crippen LogP contribution >= 0.6 is 12.2 Å². The van der Waals surface area contributed by atoms with E-state index in [1.54, 1.807) is 12.4 Å². The Morgan fingerprint density at radius 3 is 2.79 bits per heavy atom. The molecule has 8 heteroatoms. The van der Waals surface area contributed by atoms with Crippen molar-refractivity contribution in [2.75, 3.05) is 0 Å². The maximum Gasteiger partial charge on any atom is 0.252 e. The van der Waals surface area contributed by atoms with Crippen LogP contribution in [-0.4, -0.2) is 30.6 Å². The molecule has 1 aliphatic rings. The topological polar surface area (TPSA) is 88.5 Å². The first-order valence-electron chi connectivity index (χ1n) is 9.45. The summed E-state index contributed by atoms with van der Waals surface area (Å²) >= 11 is 5.32. The summed E-state index contributed by atoms with van der Waals surface area (Å²) in [6.07, 6.45) is 5.62. The second kappa shape index (κ2) is 7.21. The predicted octanol–water partition coefficient (Wildman–Crippen LogP) is 3.82. The molecule has 0 unspecified atom stereocenters. The van der Waals surface area contributed by atoms with Gasteiger partial charge < -0.3 is 5.32 Å². The number of carbonyl (C=O) groups excluding carboxylic acids is 1. The van der Waals surface area contributed by atoms with E-state index in [-0.39, 0.29) is 5.91 Å². The second-order valence-electron chi connectivity index (χ2n) is 7.04. The van der Waals surface area contributed by atoms with Crippen LogP contribution in [0.2, 0.25) is 0 Å². The smallest absolute Gasteiger partial charge is 0.252 e. The van der Waals surface area contributed by atoms with Gasteiger partial charge in [0.1, 0.15) is 0 Å². The number of nitrogens with zero attached hydrogens (tertiary/aromatic N) is 4. The number of hydrogen-bond acceptors (Lipinski definition) is 5.